The third kappa shape index (κ3) is 3.07. The standard InChI is InChI=1S/C17H21N3O4S/c1-4-24-17(21)15-9-16(12(2)19(15)3)25(22,23)20-8-6-13-10-18-7-5-14(13)11-20/h5,7,9-10H,4,6,8,11H2,1-3H3. The summed E-state index contributed by atoms with van der Waals surface area (Å²) < 4.78 is 34.2. The smallest absolute Gasteiger partial charge is 0.354 e. The van der Waals surface area contributed by atoms with Crippen LogP contribution >= 0.6 is 0 Å². The molecule has 0 unspecified atom stereocenters. The number of pyridine rings is 1. The second-order valence-corrected chi connectivity index (χ2v) is 7.90. The van der Waals surface area contributed by atoms with Gasteiger partial charge in [-0.1, -0.05) is 0 Å². The van der Waals surface area contributed by atoms with E-state index in [4.69, 9.17) is 4.74 Å². The number of sulfonamides is 1. The van der Waals surface area contributed by atoms with Crippen LogP contribution in [0, 0.1) is 6.92 Å². The molecule has 0 spiro atoms. The summed E-state index contributed by atoms with van der Waals surface area (Å²) in [6.07, 6.45) is 4.08. The fourth-order valence-electron chi connectivity index (χ4n) is 3.03. The summed E-state index contributed by atoms with van der Waals surface area (Å²) in [5.74, 6) is -0.524. The zero-order valence-corrected chi connectivity index (χ0v) is 15.3. The highest BCUT2D eigenvalue weighted by Crippen LogP contribution is 2.28. The molecule has 0 amide bonds. The fraction of sp³-hybridized carbons (Fsp3) is 0.412. The first kappa shape index (κ1) is 17.6. The van der Waals surface area contributed by atoms with Crippen molar-refractivity contribution in [2.24, 2.45) is 7.05 Å². The Morgan fingerprint density at radius 1 is 1.36 bits per heavy atom. The van der Waals surface area contributed by atoms with E-state index in [-0.39, 0.29) is 17.2 Å². The van der Waals surface area contributed by atoms with E-state index in [1.54, 1.807) is 37.9 Å². The van der Waals surface area contributed by atoms with E-state index < -0.39 is 16.0 Å². The van der Waals surface area contributed by atoms with Crippen LogP contribution < -0.4 is 0 Å². The maximum atomic E-state index is 13.1. The van der Waals surface area contributed by atoms with Gasteiger partial charge in [0.15, 0.2) is 0 Å². The summed E-state index contributed by atoms with van der Waals surface area (Å²) in [4.78, 5) is 16.3. The summed E-state index contributed by atoms with van der Waals surface area (Å²) in [6, 6.07) is 3.25. The molecule has 0 radical (unpaired) electrons. The van der Waals surface area contributed by atoms with Crippen LogP contribution in [0.2, 0.25) is 0 Å². The zero-order valence-electron chi connectivity index (χ0n) is 14.5. The second-order valence-electron chi connectivity index (χ2n) is 5.99. The second kappa shape index (κ2) is 6.61. The topological polar surface area (TPSA) is 81.5 Å². The third-order valence-corrected chi connectivity index (χ3v) is 6.53. The number of rotatable bonds is 4. The fourth-order valence-corrected chi connectivity index (χ4v) is 4.72. The number of carbonyl (C=O) groups is 1. The van der Waals surface area contributed by atoms with Gasteiger partial charge in [0.05, 0.1) is 6.61 Å². The molecule has 0 aliphatic carbocycles. The molecule has 2 aromatic heterocycles. The first-order valence-corrected chi connectivity index (χ1v) is 9.55. The number of hydrogen-bond acceptors (Lipinski definition) is 5. The summed E-state index contributed by atoms with van der Waals surface area (Å²) >= 11 is 0. The number of esters is 1. The molecule has 0 bridgehead atoms. The van der Waals surface area contributed by atoms with Gasteiger partial charge in [-0.15, -0.1) is 0 Å². The number of nitrogens with zero attached hydrogens (tertiary/aromatic N) is 3. The molecule has 25 heavy (non-hydrogen) atoms. The molecule has 3 rings (SSSR count). The predicted molar refractivity (Wildman–Crippen MR) is 91.6 cm³/mol. The Kier molecular flexibility index (Phi) is 4.66. The van der Waals surface area contributed by atoms with E-state index in [1.165, 1.54) is 10.4 Å². The summed E-state index contributed by atoms with van der Waals surface area (Å²) in [5, 5.41) is 0. The van der Waals surface area contributed by atoms with Gasteiger partial charge in [0, 0.05) is 38.2 Å². The number of fused-ring (bicyclic) bond motifs is 1. The van der Waals surface area contributed by atoms with E-state index in [9.17, 15) is 13.2 Å². The molecule has 0 N–H and O–H groups in total. The molecule has 0 saturated carbocycles. The first-order valence-electron chi connectivity index (χ1n) is 8.11. The van der Waals surface area contributed by atoms with Crippen molar-refractivity contribution in [2.45, 2.75) is 31.7 Å². The lowest BCUT2D eigenvalue weighted by molar-refractivity contribution is 0.0515. The van der Waals surface area contributed by atoms with Crippen molar-refractivity contribution >= 4 is 16.0 Å². The predicted octanol–water partition coefficient (Wildman–Crippen LogP) is 1.65. The van der Waals surface area contributed by atoms with Gasteiger partial charge >= 0.3 is 5.97 Å². The molecular formula is C17H21N3O4S. The SMILES string of the molecule is CCOC(=O)c1cc(S(=O)(=O)N2CCc3cnccc3C2)c(C)n1C. The molecule has 0 aromatic carbocycles. The lowest BCUT2D eigenvalue weighted by Crippen LogP contribution is -2.36. The quantitative estimate of drug-likeness (QED) is 0.772. The zero-order chi connectivity index (χ0) is 18.2. The van der Waals surface area contributed by atoms with Crippen molar-refractivity contribution in [3.63, 3.8) is 0 Å². The molecule has 8 heteroatoms. The Labute approximate surface area is 147 Å². The van der Waals surface area contributed by atoms with Gasteiger partial charge < -0.3 is 9.30 Å². The number of carbonyl (C=O) groups excluding carboxylic acids is 1. The molecule has 1 aliphatic heterocycles. The molecular weight excluding hydrogens is 342 g/mol. The Morgan fingerprint density at radius 3 is 2.84 bits per heavy atom. The van der Waals surface area contributed by atoms with Crippen LogP contribution in [0.1, 0.15) is 34.2 Å². The van der Waals surface area contributed by atoms with Gasteiger partial charge in [-0.25, -0.2) is 13.2 Å². The minimum atomic E-state index is -3.70. The Morgan fingerprint density at radius 2 is 2.12 bits per heavy atom. The molecule has 0 atom stereocenters. The first-order chi connectivity index (χ1) is 11.9. The van der Waals surface area contributed by atoms with Gasteiger partial charge in [-0.2, -0.15) is 4.31 Å². The van der Waals surface area contributed by atoms with Crippen LogP contribution in [0.25, 0.3) is 0 Å². The van der Waals surface area contributed by atoms with E-state index in [0.717, 1.165) is 11.1 Å². The summed E-state index contributed by atoms with van der Waals surface area (Å²) in [5.41, 5.74) is 2.79. The molecule has 1 aliphatic rings. The summed E-state index contributed by atoms with van der Waals surface area (Å²) in [7, 11) is -2.04. The third-order valence-electron chi connectivity index (χ3n) is 4.57. The maximum Gasteiger partial charge on any atom is 0.354 e. The highest BCUT2D eigenvalue weighted by Gasteiger charge is 2.32. The van der Waals surface area contributed by atoms with E-state index in [2.05, 4.69) is 4.98 Å². The van der Waals surface area contributed by atoms with Crippen LogP contribution in [0.15, 0.2) is 29.4 Å². The largest absolute Gasteiger partial charge is 0.461 e. The molecule has 3 heterocycles. The molecule has 134 valence electrons. The van der Waals surface area contributed by atoms with E-state index in [1.807, 2.05) is 6.07 Å². The van der Waals surface area contributed by atoms with Crippen LogP contribution in [-0.2, 0) is 34.8 Å². The highest BCUT2D eigenvalue weighted by atomic mass is 32.2. The van der Waals surface area contributed by atoms with Crippen LogP contribution in [0.3, 0.4) is 0 Å². The van der Waals surface area contributed by atoms with Crippen LogP contribution in [0.5, 0.6) is 0 Å². The Hall–Kier alpha value is -2.19. The number of aromatic nitrogens is 2. The monoisotopic (exact) mass is 363 g/mol. The Balaban J connectivity index is 1.96. The highest BCUT2D eigenvalue weighted by molar-refractivity contribution is 7.89. The maximum absolute atomic E-state index is 13.1. The van der Waals surface area contributed by atoms with Gasteiger partial charge in [0.2, 0.25) is 10.0 Å². The minimum absolute atomic E-state index is 0.149. The van der Waals surface area contributed by atoms with Crippen LogP contribution in [-0.4, -0.2) is 41.4 Å². The van der Waals surface area contributed by atoms with Crippen molar-refractivity contribution in [1.29, 1.82) is 0 Å². The normalized spacial score (nSPS) is 15.0. The van der Waals surface area contributed by atoms with Crippen molar-refractivity contribution < 1.29 is 17.9 Å². The Bertz CT molecular complexity index is 918. The van der Waals surface area contributed by atoms with Crippen molar-refractivity contribution in [1.82, 2.24) is 13.9 Å². The van der Waals surface area contributed by atoms with Gasteiger partial charge in [-0.05, 0) is 43.5 Å². The van der Waals surface area contributed by atoms with Crippen molar-refractivity contribution in [3.05, 3.63) is 47.0 Å². The molecule has 0 saturated heterocycles. The molecule has 7 nitrogen and oxygen atoms in total. The van der Waals surface area contributed by atoms with Crippen molar-refractivity contribution in [2.75, 3.05) is 13.2 Å². The van der Waals surface area contributed by atoms with Crippen molar-refractivity contribution in [3.8, 4) is 0 Å². The molecule has 2 aromatic rings. The average Bonchev–Trinajstić information content (AvgIpc) is 2.91. The van der Waals surface area contributed by atoms with Gasteiger partial charge in [-0.3, -0.25) is 4.98 Å². The van der Waals surface area contributed by atoms with Crippen LogP contribution in [0.4, 0.5) is 0 Å². The lowest BCUT2D eigenvalue weighted by Gasteiger charge is -2.27. The van der Waals surface area contributed by atoms with E-state index >= 15 is 0 Å². The average molecular weight is 363 g/mol. The lowest BCUT2D eigenvalue weighted by atomic mass is 10.0. The minimum Gasteiger partial charge on any atom is -0.461 e. The number of ether oxygens (including phenoxy) is 1. The van der Waals surface area contributed by atoms with Gasteiger partial charge in [0.25, 0.3) is 0 Å². The molecule has 0 fully saturated rings. The van der Waals surface area contributed by atoms with Gasteiger partial charge in [0.1, 0.15) is 10.6 Å². The number of hydrogen-bond donors (Lipinski definition) is 0. The van der Waals surface area contributed by atoms with E-state index in [0.29, 0.717) is 25.2 Å². The summed E-state index contributed by atoms with van der Waals surface area (Å²) in [6.45, 7) is 4.35.